The third kappa shape index (κ3) is 5.03. The number of benzene rings is 2. The van der Waals surface area contributed by atoms with E-state index in [4.69, 9.17) is 28.3 Å². The predicted molar refractivity (Wildman–Crippen MR) is 83.4 cm³/mol. The lowest BCUT2D eigenvalue weighted by molar-refractivity contribution is 0.475. The molecule has 0 heterocycles. The molecule has 0 bridgehead atoms. The molecule has 0 unspecified atom stereocenters. The van der Waals surface area contributed by atoms with Gasteiger partial charge in [0.25, 0.3) is 0 Å². The Hall–Kier alpha value is -1.25. The van der Waals surface area contributed by atoms with Crippen molar-refractivity contribution in [1.29, 1.82) is 0 Å². The van der Waals surface area contributed by atoms with E-state index in [0.29, 0.717) is 10.0 Å². The third-order valence-corrected chi connectivity index (χ3v) is 3.28. The summed E-state index contributed by atoms with van der Waals surface area (Å²) in [5, 5.41) is 10.2. The van der Waals surface area contributed by atoms with E-state index in [0.717, 1.165) is 11.1 Å². The molecule has 0 aliphatic rings. The van der Waals surface area contributed by atoms with E-state index in [1.165, 1.54) is 24.3 Å². The first-order chi connectivity index (χ1) is 9.31. The fraction of sp³-hybridized carbons (Fsp3) is 0.250. The molecule has 0 saturated heterocycles. The van der Waals surface area contributed by atoms with Crippen molar-refractivity contribution < 1.29 is 9.50 Å². The predicted octanol–water partition coefficient (Wildman–Crippen LogP) is 5.96. The van der Waals surface area contributed by atoms with Crippen molar-refractivity contribution in [2.24, 2.45) is 0 Å². The van der Waals surface area contributed by atoms with E-state index in [9.17, 15) is 4.39 Å². The fourth-order valence-electron chi connectivity index (χ4n) is 1.66. The molecule has 0 amide bonds. The zero-order chi connectivity index (χ0) is 15.3. The Labute approximate surface area is 129 Å². The van der Waals surface area contributed by atoms with Gasteiger partial charge < -0.3 is 5.11 Å². The maximum Gasteiger partial charge on any atom is 0.123 e. The summed E-state index contributed by atoms with van der Waals surface area (Å²) in [6.07, 6.45) is 0. The minimum atomic E-state index is -0.171. The van der Waals surface area contributed by atoms with Crippen LogP contribution in [0.25, 0.3) is 0 Å². The van der Waals surface area contributed by atoms with Gasteiger partial charge in [-0.2, -0.15) is 0 Å². The minimum Gasteiger partial charge on any atom is -0.508 e. The zero-order valence-corrected chi connectivity index (χ0v) is 13.1. The summed E-state index contributed by atoms with van der Waals surface area (Å²) in [6, 6.07) is 9.40. The molecule has 0 aliphatic heterocycles. The molecule has 2 aromatic carbocycles. The second kappa shape index (κ2) is 7.51. The summed E-state index contributed by atoms with van der Waals surface area (Å²) in [5.74, 6) is 0.204. The van der Waals surface area contributed by atoms with Gasteiger partial charge in [0.2, 0.25) is 0 Å². The van der Waals surface area contributed by atoms with E-state index in [1.807, 2.05) is 20.8 Å². The van der Waals surface area contributed by atoms with E-state index in [-0.39, 0.29) is 17.5 Å². The number of aromatic hydroxyl groups is 1. The van der Waals surface area contributed by atoms with Crippen LogP contribution in [-0.2, 0) is 0 Å². The van der Waals surface area contributed by atoms with Gasteiger partial charge >= 0.3 is 0 Å². The average Bonchev–Trinajstić information content (AvgIpc) is 2.32. The highest BCUT2D eigenvalue weighted by molar-refractivity contribution is 6.36. The van der Waals surface area contributed by atoms with E-state index < -0.39 is 0 Å². The average molecular weight is 315 g/mol. The largest absolute Gasteiger partial charge is 0.508 e. The van der Waals surface area contributed by atoms with Crippen molar-refractivity contribution in [3.8, 4) is 5.75 Å². The van der Waals surface area contributed by atoms with Gasteiger partial charge in [0.15, 0.2) is 0 Å². The molecule has 20 heavy (non-hydrogen) atoms. The molecule has 2 aromatic rings. The monoisotopic (exact) mass is 314 g/mol. The fourth-order valence-corrected chi connectivity index (χ4v) is 2.57. The minimum absolute atomic E-state index is 0.106. The molecule has 0 saturated carbocycles. The van der Waals surface area contributed by atoms with Gasteiger partial charge in [-0.15, -0.1) is 0 Å². The summed E-state index contributed by atoms with van der Waals surface area (Å²) >= 11 is 11.8. The third-order valence-electron chi connectivity index (χ3n) is 2.65. The van der Waals surface area contributed by atoms with Crippen LogP contribution < -0.4 is 0 Å². The topological polar surface area (TPSA) is 20.2 Å². The van der Waals surface area contributed by atoms with Crippen molar-refractivity contribution in [1.82, 2.24) is 0 Å². The first-order valence-corrected chi connectivity index (χ1v) is 6.97. The van der Waals surface area contributed by atoms with Crippen LogP contribution in [-0.4, -0.2) is 5.11 Å². The molecule has 0 aliphatic carbocycles. The van der Waals surface area contributed by atoms with Crippen molar-refractivity contribution in [3.63, 3.8) is 0 Å². The highest BCUT2D eigenvalue weighted by atomic mass is 35.5. The molecule has 0 radical (unpaired) electrons. The summed E-state index contributed by atoms with van der Waals surface area (Å²) in [6.45, 7) is 5.94. The van der Waals surface area contributed by atoms with Gasteiger partial charge in [-0.25, -0.2) is 4.39 Å². The van der Waals surface area contributed by atoms with Gasteiger partial charge in [0.05, 0.1) is 0 Å². The highest BCUT2D eigenvalue weighted by Gasteiger charge is 2.10. The molecule has 0 spiro atoms. The van der Waals surface area contributed by atoms with Crippen molar-refractivity contribution in [3.05, 3.63) is 63.4 Å². The van der Waals surface area contributed by atoms with Crippen LogP contribution in [0.5, 0.6) is 5.75 Å². The number of rotatable bonds is 1. The van der Waals surface area contributed by atoms with Gasteiger partial charge in [-0.3, -0.25) is 0 Å². The Kier molecular flexibility index (Phi) is 6.31. The normalized spacial score (nSPS) is 10.2. The van der Waals surface area contributed by atoms with Crippen molar-refractivity contribution in [2.75, 3.05) is 0 Å². The summed E-state index contributed by atoms with van der Waals surface area (Å²) in [5.41, 5.74) is 1.97. The van der Waals surface area contributed by atoms with Crippen LogP contribution in [0, 0.1) is 12.7 Å². The molecular formula is C16H17Cl2FO. The van der Waals surface area contributed by atoms with Gasteiger partial charge in [0.1, 0.15) is 11.6 Å². The maximum absolute atomic E-state index is 12.1. The standard InChI is InChI=1S/C9H10Cl2O.C7H7F/c1-5(2)9-7(10)3-6(12)4-8(9)11;1-6-2-4-7(8)5-3-6/h3-5,12H,1-2H3;2-5H,1H3. The Morgan fingerprint density at radius 1 is 1.00 bits per heavy atom. The first-order valence-electron chi connectivity index (χ1n) is 6.21. The van der Waals surface area contributed by atoms with Crippen LogP contribution in [0.15, 0.2) is 36.4 Å². The van der Waals surface area contributed by atoms with E-state index >= 15 is 0 Å². The van der Waals surface area contributed by atoms with Gasteiger partial charge in [-0.1, -0.05) is 54.7 Å². The molecule has 1 nitrogen and oxygen atoms in total. The molecule has 108 valence electrons. The van der Waals surface area contributed by atoms with Gasteiger partial charge in [-0.05, 0) is 42.7 Å². The van der Waals surface area contributed by atoms with Crippen LogP contribution in [0.4, 0.5) is 4.39 Å². The maximum atomic E-state index is 12.1. The number of halogens is 3. The lowest BCUT2D eigenvalue weighted by Crippen LogP contribution is -1.89. The molecule has 0 fully saturated rings. The quantitative estimate of drug-likeness (QED) is 0.688. The first kappa shape index (κ1) is 16.8. The molecule has 0 atom stereocenters. The number of hydrogen-bond donors (Lipinski definition) is 1. The highest BCUT2D eigenvalue weighted by Crippen LogP contribution is 2.34. The molecule has 4 heteroatoms. The number of phenolic OH excluding ortho intramolecular Hbond substituents is 1. The number of aryl methyl sites for hydroxylation is 1. The van der Waals surface area contributed by atoms with E-state index in [2.05, 4.69) is 0 Å². The summed E-state index contributed by atoms with van der Waals surface area (Å²) in [4.78, 5) is 0. The second-order valence-electron chi connectivity index (χ2n) is 4.77. The zero-order valence-electron chi connectivity index (χ0n) is 11.6. The number of phenols is 1. The Morgan fingerprint density at radius 2 is 1.45 bits per heavy atom. The molecule has 1 N–H and O–H groups in total. The second-order valence-corrected chi connectivity index (χ2v) is 5.59. The van der Waals surface area contributed by atoms with Crippen molar-refractivity contribution in [2.45, 2.75) is 26.7 Å². The molecule has 0 aromatic heterocycles. The van der Waals surface area contributed by atoms with Crippen molar-refractivity contribution >= 4 is 23.2 Å². The Morgan fingerprint density at radius 3 is 1.80 bits per heavy atom. The van der Waals surface area contributed by atoms with Crippen LogP contribution in [0.2, 0.25) is 10.0 Å². The van der Waals surface area contributed by atoms with Crippen LogP contribution in [0.1, 0.15) is 30.9 Å². The number of hydrogen-bond acceptors (Lipinski definition) is 1. The van der Waals surface area contributed by atoms with Crippen LogP contribution >= 0.6 is 23.2 Å². The SMILES string of the molecule is CC(C)c1c(Cl)cc(O)cc1Cl.Cc1ccc(F)cc1. The Balaban J connectivity index is 0.000000217. The molecule has 2 rings (SSSR count). The van der Waals surface area contributed by atoms with Crippen LogP contribution in [0.3, 0.4) is 0 Å². The smallest absolute Gasteiger partial charge is 0.123 e. The molecular weight excluding hydrogens is 298 g/mol. The van der Waals surface area contributed by atoms with Gasteiger partial charge in [0, 0.05) is 10.0 Å². The lowest BCUT2D eigenvalue weighted by atomic mass is 10.0. The summed E-state index contributed by atoms with van der Waals surface area (Å²) in [7, 11) is 0. The Bertz CT molecular complexity index is 521. The summed E-state index contributed by atoms with van der Waals surface area (Å²) < 4.78 is 12.1. The lowest BCUT2D eigenvalue weighted by Gasteiger charge is -2.10. The van der Waals surface area contributed by atoms with E-state index in [1.54, 1.807) is 12.1 Å².